The van der Waals surface area contributed by atoms with Crippen molar-refractivity contribution in [3.8, 4) is 0 Å². The van der Waals surface area contributed by atoms with Crippen molar-refractivity contribution in [2.75, 3.05) is 13.1 Å². The molecule has 0 spiro atoms. The van der Waals surface area contributed by atoms with Crippen molar-refractivity contribution in [1.29, 1.82) is 0 Å². The number of hydrogen-bond acceptors (Lipinski definition) is 3. The highest BCUT2D eigenvalue weighted by atomic mass is 16.4. The standard InChI is InChI=1S/C21H25NO3/c1-16(18-7-9-19(10-8-18)20(23)24)21(25)11-13-22(14-12-21)15-17-5-3-2-4-6-17/h2-10,16,25H,11-15H2,1H3,(H,23,24). The van der Waals surface area contributed by atoms with Crippen LogP contribution in [0.2, 0.25) is 0 Å². The zero-order valence-corrected chi connectivity index (χ0v) is 14.6. The van der Waals surface area contributed by atoms with Gasteiger partial charge in [-0.15, -0.1) is 0 Å². The number of aliphatic hydroxyl groups is 1. The van der Waals surface area contributed by atoms with Crippen LogP contribution < -0.4 is 0 Å². The van der Waals surface area contributed by atoms with Crippen LogP contribution in [0.1, 0.15) is 47.2 Å². The van der Waals surface area contributed by atoms with Gasteiger partial charge < -0.3 is 10.2 Å². The zero-order valence-electron chi connectivity index (χ0n) is 14.6. The highest BCUT2D eigenvalue weighted by Crippen LogP contribution is 2.36. The highest BCUT2D eigenvalue weighted by Gasteiger charge is 2.38. The fourth-order valence-corrected chi connectivity index (χ4v) is 3.60. The lowest BCUT2D eigenvalue weighted by atomic mass is 9.77. The minimum atomic E-state index is -0.924. The predicted octanol–water partition coefficient (Wildman–Crippen LogP) is 3.52. The average molecular weight is 339 g/mol. The van der Waals surface area contributed by atoms with Crippen molar-refractivity contribution in [2.24, 2.45) is 0 Å². The van der Waals surface area contributed by atoms with Crippen molar-refractivity contribution < 1.29 is 15.0 Å². The van der Waals surface area contributed by atoms with E-state index in [9.17, 15) is 9.90 Å². The maximum absolute atomic E-state index is 11.1. The summed E-state index contributed by atoms with van der Waals surface area (Å²) in [5, 5.41) is 20.1. The molecule has 0 radical (unpaired) electrons. The summed E-state index contributed by atoms with van der Waals surface area (Å²) in [4.78, 5) is 13.4. The summed E-state index contributed by atoms with van der Waals surface area (Å²) in [7, 11) is 0. The Hall–Kier alpha value is -2.17. The Morgan fingerprint density at radius 2 is 1.68 bits per heavy atom. The van der Waals surface area contributed by atoms with E-state index in [1.807, 2.05) is 25.1 Å². The van der Waals surface area contributed by atoms with Crippen molar-refractivity contribution in [2.45, 2.75) is 37.8 Å². The molecule has 1 saturated heterocycles. The molecule has 132 valence electrons. The zero-order chi connectivity index (χ0) is 17.9. The number of hydrogen-bond donors (Lipinski definition) is 2. The molecule has 1 heterocycles. The largest absolute Gasteiger partial charge is 0.478 e. The van der Waals surface area contributed by atoms with Crippen LogP contribution >= 0.6 is 0 Å². The molecule has 1 aliphatic rings. The molecule has 1 unspecified atom stereocenters. The van der Waals surface area contributed by atoms with Crippen LogP contribution in [-0.2, 0) is 6.54 Å². The first-order valence-corrected chi connectivity index (χ1v) is 8.80. The second-order valence-corrected chi connectivity index (χ2v) is 7.01. The normalized spacial score (nSPS) is 18.6. The van der Waals surface area contributed by atoms with Gasteiger partial charge in [0.25, 0.3) is 0 Å². The predicted molar refractivity (Wildman–Crippen MR) is 97.7 cm³/mol. The van der Waals surface area contributed by atoms with Gasteiger partial charge in [-0.1, -0.05) is 49.4 Å². The van der Waals surface area contributed by atoms with E-state index >= 15 is 0 Å². The van der Waals surface area contributed by atoms with E-state index in [0.717, 1.165) is 38.0 Å². The molecule has 2 aromatic carbocycles. The molecule has 1 fully saturated rings. The minimum absolute atomic E-state index is 0.0192. The van der Waals surface area contributed by atoms with Crippen LogP contribution in [0.4, 0.5) is 0 Å². The quantitative estimate of drug-likeness (QED) is 0.875. The molecule has 3 rings (SSSR count). The van der Waals surface area contributed by atoms with Gasteiger partial charge in [0.1, 0.15) is 0 Å². The third-order valence-corrected chi connectivity index (χ3v) is 5.43. The first kappa shape index (κ1) is 17.6. The molecule has 2 N–H and O–H groups in total. The Morgan fingerprint density at radius 3 is 2.24 bits per heavy atom. The lowest BCUT2D eigenvalue weighted by Gasteiger charge is -2.42. The van der Waals surface area contributed by atoms with Crippen molar-refractivity contribution in [3.05, 3.63) is 71.3 Å². The molecule has 1 atom stereocenters. The number of nitrogens with zero attached hydrogens (tertiary/aromatic N) is 1. The van der Waals surface area contributed by atoms with E-state index in [-0.39, 0.29) is 11.5 Å². The molecule has 25 heavy (non-hydrogen) atoms. The van der Waals surface area contributed by atoms with Crippen LogP contribution in [0.25, 0.3) is 0 Å². The van der Waals surface area contributed by atoms with Gasteiger partial charge >= 0.3 is 5.97 Å². The first-order valence-electron chi connectivity index (χ1n) is 8.80. The number of aromatic carboxylic acids is 1. The summed E-state index contributed by atoms with van der Waals surface area (Å²) in [6.45, 7) is 4.67. The van der Waals surface area contributed by atoms with Gasteiger partial charge in [0, 0.05) is 25.6 Å². The van der Waals surface area contributed by atoms with Crippen molar-refractivity contribution in [3.63, 3.8) is 0 Å². The van der Waals surface area contributed by atoms with E-state index in [4.69, 9.17) is 5.11 Å². The third kappa shape index (κ3) is 4.09. The van der Waals surface area contributed by atoms with E-state index < -0.39 is 11.6 Å². The van der Waals surface area contributed by atoms with Gasteiger partial charge in [0.2, 0.25) is 0 Å². The van der Waals surface area contributed by atoms with Crippen LogP contribution in [0.5, 0.6) is 0 Å². The summed E-state index contributed by atoms with van der Waals surface area (Å²) in [5.74, 6) is -0.943. The van der Waals surface area contributed by atoms with Gasteiger partial charge in [0.15, 0.2) is 0 Å². The molecular formula is C21H25NO3. The number of benzene rings is 2. The third-order valence-electron chi connectivity index (χ3n) is 5.43. The Bertz CT molecular complexity index is 704. The summed E-state index contributed by atoms with van der Waals surface area (Å²) in [6.07, 6.45) is 1.45. The van der Waals surface area contributed by atoms with Gasteiger partial charge in [-0.2, -0.15) is 0 Å². The number of piperidine rings is 1. The average Bonchev–Trinajstić information content (AvgIpc) is 2.64. The van der Waals surface area contributed by atoms with Crippen molar-refractivity contribution in [1.82, 2.24) is 4.90 Å². The van der Waals surface area contributed by atoms with Gasteiger partial charge in [-0.3, -0.25) is 4.90 Å². The molecule has 0 saturated carbocycles. The summed E-state index contributed by atoms with van der Waals surface area (Å²) < 4.78 is 0. The highest BCUT2D eigenvalue weighted by molar-refractivity contribution is 5.87. The summed E-state index contributed by atoms with van der Waals surface area (Å²) in [6, 6.07) is 17.3. The van der Waals surface area contributed by atoms with Crippen LogP contribution in [0.15, 0.2) is 54.6 Å². The Labute approximate surface area is 148 Å². The van der Waals surface area contributed by atoms with E-state index in [2.05, 4.69) is 29.2 Å². The SMILES string of the molecule is CC(c1ccc(C(=O)O)cc1)C1(O)CCN(Cc2ccccc2)CC1. The maximum atomic E-state index is 11.1. The minimum Gasteiger partial charge on any atom is -0.478 e. The summed E-state index contributed by atoms with van der Waals surface area (Å²) in [5.41, 5.74) is 1.83. The number of carbonyl (C=O) groups is 1. The first-order chi connectivity index (χ1) is 12.0. The topological polar surface area (TPSA) is 60.8 Å². The monoisotopic (exact) mass is 339 g/mol. The number of rotatable bonds is 5. The van der Waals surface area contributed by atoms with E-state index in [1.165, 1.54) is 5.56 Å². The van der Waals surface area contributed by atoms with Gasteiger partial charge in [-0.25, -0.2) is 4.79 Å². The molecular weight excluding hydrogens is 314 g/mol. The smallest absolute Gasteiger partial charge is 0.335 e. The molecule has 4 heteroatoms. The fraction of sp³-hybridized carbons (Fsp3) is 0.381. The van der Waals surface area contributed by atoms with Gasteiger partial charge in [-0.05, 0) is 36.1 Å². The second kappa shape index (κ2) is 7.38. The summed E-state index contributed by atoms with van der Waals surface area (Å²) >= 11 is 0. The molecule has 4 nitrogen and oxygen atoms in total. The Balaban J connectivity index is 1.62. The second-order valence-electron chi connectivity index (χ2n) is 7.01. The molecule has 1 aliphatic heterocycles. The lowest BCUT2D eigenvalue weighted by Crippen LogP contribution is -2.47. The Kier molecular flexibility index (Phi) is 5.21. The van der Waals surface area contributed by atoms with E-state index in [1.54, 1.807) is 12.1 Å². The van der Waals surface area contributed by atoms with E-state index in [0.29, 0.717) is 0 Å². The molecule has 0 aliphatic carbocycles. The van der Waals surface area contributed by atoms with Crippen molar-refractivity contribution >= 4 is 5.97 Å². The molecule has 0 aromatic heterocycles. The molecule has 0 amide bonds. The fourth-order valence-electron chi connectivity index (χ4n) is 3.60. The van der Waals surface area contributed by atoms with Crippen LogP contribution in [0.3, 0.4) is 0 Å². The lowest BCUT2D eigenvalue weighted by molar-refractivity contribution is -0.0405. The number of carboxylic acids is 1. The number of likely N-dealkylation sites (tertiary alicyclic amines) is 1. The van der Waals surface area contributed by atoms with Crippen LogP contribution in [-0.4, -0.2) is 39.8 Å². The number of carboxylic acid groups (broad SMARTS) is 1. The maximum Gasteiger partial charge on any atom is 0.335 e. The van der Waals surface area contributed by atoms with Gasteiger partial charge in [0.05, 0.1) is 11.2 Å². The molecule has 0 bridgehead atoms. The van der Waals surface area contributed by atoms with Crippen LogP contribution in [0, 0.1) is 0 Å². The Morgan fingerprint density at radius 1 is 1.08 bits per heavy atom. The molecule has 2 aromatic rings.